The number of ether oxygens (including phenoxy) is 2. The van der Waals surface area contributed by atoms with Crippen LogP contribution < -0.4 is 9.47 Å². The molecule has 2 aromatic rings. The molecule has 2 aromatic carbocycles. The van der Waals surface area contributed by atoms with E-state index in [1.165, 1.54) is 7.11 Å². The molecule has 0 saturated heterocycles. The zero-order valence-electron chi connectivity index (χ0n) is 12.9. The van der Waals surface area contributed by atoms with Crippen LogP contribution in [-0.2, 0) is 0 Å². The third-order valence-corrected chi connectivity index (χ3v) is 3.23. The molecule has 0 bridgehead atoms. The van der Waals surface area contributed by atoms with Gasteiger partial charge in [0.15, 0.2) is 11.5 Å². The Morgan fingerprint density at radius 2 is 1.78 bits per heavy atom. The van der Waals surface area contributed by atoms with Crippen LogP contribution >= 0.6 is 0 Å². The Balaban J connectivity index is 2.31. The summed E-state index contributed by atoms with van der Waals surface area (Å²) in [5.74, 6) is -0.183. The summed E-state index contributed by atoms with van der Waals surface area (Å²) in [5, 5.41) is 18.7. The van der Waals surface area contributed by atoms with E-state index >= 15 is 0 Å². The van der Waals surface area contributed by atoms with Crippen LogP contribution in [0.2, 0.25) is 0 Å². The number of carboxylic acid groups (broad SMARTS) is 1. The molecule has 0 aromatic heterocycles. The highest BCUT2D eigenvalue weighted by Gasteiger charge is 2.13. The van der Waals surface area contributed by atoms with Crippen LogP contribution in [0.25, 0.3) is 12.2 Å². The molecule has 0 fully saturated rings. The van der Waals surface area contributed by atoms with Crippen molar-refractivity contribution in [3.8, 4) is 17.2 Å². The number of benzene rings is 2. The van der Waals surface area contributed by atoms with Crippen molar-refractivity contribution < 1.29 is 24.5 Å². The summed E-state index contributed by atoms with van der Waals surface area (Å²) in [7, 11) is 1.51. The molecule has 0 spiro atoms. The molecule has 2 N–H and O–H groups in total. The van der Waals surface area contributed by atoms with Gasteiger partial charge < -0.3 is 19.7 Å². The maximum atomic E-state index is 10.8. The van der Waals surface area contributed by atoms with Gasteiger partial charge in [0.05, 0.1) is 19.3 Å². The number of methoxy groups -OCH3 is 1. The molecule has 5 heteroatoms. The van der Waals surface area contributed by atoms with Crippen molar-refractivity contribution >= 4 is 18.1 Å². The third-order valence-electron chi connectivity index (χ3n) is 3.23. The fourth-order valence-electron chi connectivity index (χ4n) is 2.12. The number of phenolic OH excluding ortho intramolecular Hbond substituents is 1. The zero-order chi connectivity index (χ0) is 16.8. The van der Waals surface area contributed by atoms with Crippen LogP contribution in [0.3, 0.4) is 0 Å². The molecule has 0 unspecified atom stereocenters. The average molecular weight is 314 g/mol. The van der Waals surface area contributed by atoms with E-state index in [0.717, 1.165) is 11.1 Å². The summed E-state index contributed by atoms with van der Waals surface area (Å²) in [4.78, 5) is 10.8. The second kappa shape index (κ2) is 7.35. The van der Waals surface area contributed by atoms with E-state index in [0.29, 0.717) is 18.1 Å². The molecule has 0 atom stereocenters. The zero-order valence-corrected chi connectivity index (χ0v) is 12.9. The summed E-state index contributed by atoms with van der Waals surface area (Å²) >= 11 is 0. The lowest BCUT2D eigenvalue weighted by Crippen LogP contribution is -1.97. The highest BCUT2D eigenvalue weighted by atomic mass is 16.5. The summed E-state index contributed by atoms with van der Waals surface area (Å²) < 4.78 is 10.8. The first-order valence-electron chi connectivity index (χ1n) is 7.11. The number of aromatic carboxylic acids is 1. The van der Waals surface area contributed by atoms with Gasteiger partial charge in [0.25, 0.3) is 0 Å². The average Bonchev–Trinajstić information content (AvgIpc) is 2.55. The Bertz CT molecular complexity index is 717. The number of carboxylic acids is 1. The number of carbonyl (C=O) groups is 1. The standard InChI is InChI=1S/C18H18O5/c1-3-23-17-15(19)11-10-13(16(17)22-2)7-4-12-5-8-14(9-6-12)18(20)21/h4-11,19H,3H2,1-2H3,(H,20,21). The Morgan fingerprint density at radius 1 is 1.09 bits per heavy atom. The fraction of sp³-hybridized carbons (Fsp3) is 0.167. The summed E-state index contributed by atoms with van der Waals surface area (Å²) in [6.07, 6.45) is 3.65. The van der Waals surface area contributed by atoms with Crippen LogP contribution in [0.1, 0.15) is 28.4 Å². The van der Waals surface area contributed by atoms with Gasteiger partial charge in [0.2, 0.25) is 5.75 Å². The molecule has 0 saturated carbocycles. The first-order chi connectivity index (χ1) is 11.1. The maximum Gasteiger partial charge on any atom is 0.335 e. The first kappa shape index (κ1) is 16.4. The minimum absolute atomic E-state index is 0.0201. The van der Waals surface area contributed by atoms with Crippen LogP contribution in [0.15, 0.2) is 36.4 Å². The normalized spacial score (nSPS) is 10.7. The van der Waals surface area contributed by atoms with Crippen molar-refractivity contribution in [2.24, 2.45) is 0 Å². The van der Waals surface area contributed by atoms with E-state index in [2.05, 4.69) is 0 Å². The van der Waals surface area contributed by atoms with E-state index in [4.69, 9.17) is 14.6 Å². The van der Waals surface area contributed by atoms with E-state index in [1.807, 2.05) is 19.1 Å². The van der Waals surface area contributed by atoms with Crippen molar-refractivity contribution in [3.63, 3.8) is 0 Å². The molecule has 0 aliphatic heterocycles. The Morgan fingerprint density at radius 3 is 2.35 bits per heavy atom. The molecule has 0 aliphatic rings. The largest absolute Gasteiger partial charge is 0.504 e. The Kier molecular flexibility index (Phi) is 5.25. The van der Waals surface area contributed by atoms with Gasteiger partial charge in [-0.1, -0.05) is 24.3 Å². The predicted octanol–water partition coefficient (Wildman–Crippen LogP) is 3.67. The predicted molar refractivity (Wildman–Crippen MR) is 88.2 cm³/mol. The second-order valence-corrected chi connectivity index (χ2v) is 4.73. The van der Waals surface area contributed by atoms with Gasteiger partial charge in [-0.15, -0.1) is 0 Å². The summed E-state index contributed by atoms with van der Waals surface area (Å²) in [6, 6.07) is 9.79. The molecule has 0 radical (unpaired) electrons. The minimum atomic E-state index is -0.956. The van der Waals surface area contributed by atoms with E-state index in [1.54, 1.807) is 36.4 Å². The Labute approximate surface area is 134 Å². The first-order valence-corrected chi connectivity index (χ1v) is 7.11. The van der Waals surface area contributed by atoms with Crippen molar-refractivity contribution in [3.05, 3.63) is 53.1 Å². The lowest BCUT2D eigenvalue weighted by molar-refractivity contribution is 0.0697. The molecular weight excluding hydrogens is 296 g/mol. The van der Waals surface area contributed by atoms with Crippen LogP contribution in [0.4, 0.5) is 0 Å². The van der Waals surface area contributed by atoms with Gasteiger partial charge in [-0.3, -0.25) is 0 Å². The number of aromatic hydroxyl groups is 1. The Hall–Kier alpha value is -2.95. The van der Waals surface area contributed by atoms with Crippen LogP contribution in [0, 0.1) is 0 Å². The number of phenols is 1. The highest BCUT2D eigenvalue weighted by molar-refractivity contribution is 5.88. The van der Waals surface area contributed by atoms with Crippen LogP contribution in [0.5, 0.6) is 17.2 Å². The smallest absolute Gasteiger partial charge is 0.335 e. The van der Waals surface area contributed by atoms with Gasteiger partial charge in [0.1, 0.15) is 0 Å². The number of rotatable bonds is 6. The molecule has 0 heterocycles. The van der Waals surface area contributed by atoms with Gasteiger partial charge in [-0.25, -0.2) is 4.79 Å². The van der Waals surface area contributed by atoms with E-state index in [9.17, 15) is 9.90 Å². The summed E-state index contributed by atoms with van der Waals surface area (Å²) in [5.41, 5.74) is 1.84. The molecule has 23 heavy (non-hydrogen) atoms. The molecule has 2 rings (SSSR count). The van der Waals surface area contributed by atoms with E-state index < -0.39 is 5.97 Å². The van der Waals surface area contributed by atoms with Crippen molar-refractivity contribution in [2.75, 3.05) is 13.7 Å². The molecule has 0 amide bonds. The van der Waals surface area contributed by atoms with Crippen molar-refractivity contribution in [1.29, 1.82) is 0 Å². The molecule has 5 nitrogen and oxygen atoms in total. The van der Waals surface area contributed by atoms with Crippen molar-refractivity contribution in [2.45, 2.75) is 6.92 Å². The van der Waals surface area contributed by atoms with Crippen LogP contribution in [-0.4, -0.2) is 29.9 Å². The third kappa shape index (κ3) is 3.83. The monoisotopic (exact) mass is 314 g/mol. The van der Waals surface area contributed by atoms with Gasteiger partial charge >= 0.3 is 5.97 Å². The lowest BCUT2D eigenvalue weighted by atomic mass is 10.1. The quantitative estimate of drug-likeness (QED) is 0.796. The molecular formula is C18H18O5. The van der Waals surface area contributed by atoms with Gasteiger partial charge in [-0.2, -0.15) is 0 Å². The van der Waals surface area contributed by atoms with E-state index in [-0.39, 0.29) is 11.3 Å². The second-order valence-electron chi connectivity index (χ2n) is 4.73. The molecule has 0 aliphatic carbocycles. The summed E-state index contributed by atoms with van der Waals surface area (Å²) in [6.45, 7) is 2.24. The fourth-order valence-corrected chi connectivity index (χ4v) is 2.12. The topological polar surface area (TPSA) is 76.0 Å². The maximum absolute atomic E-state index is 10.8. The number of hydrogen-bond acceptors (Lipinski definition) is 4. The van der Waals surface area contributed by atoms with Crippen molar-refractivity contribution in [1.82, 2.24) is 0 Å². The number of hydrogen-bond donors (Lipinski definition) is 2. The lowest BCUT2D eigenvalue weighted by Gasteiger charge is -2.13. The highest BCUT2D eigenvalue weighted by Crippen LogP contribution is 2.40. The molecule has 120 valence electrons. The van der Waals surface area contributed by atoms with Gasteiger partial charge in [-0.05, 0) is 36.8 Å². The SMILES string of the molecule is CCOc1c(O)ccc(C=Cc2ccc(C(=O)O)cc2)c1OC. The van der Waals surface area contributed by atoms with Gasteiger partial charge in [0, 0.05) is 5.56 Å². The minimum Gasteiger partial charge on any atom is -0.504 e.